The van der Waals surface area contributed by atoms with Gasteiger partial charge in [-0.1, -0.05) is 0 Å². The van der Waals surface area contributed by atoms with E-state index in [0.29, 0.717) is 12.5 Å². The molecule has 1 aliphatic rings. The van der Waals surface area contributed by atoms with Gasteiger partial charge >= 0.3 is 0 Å². The maximum atomic E-state index is 13.1. The summed E-state index contributed by atoms with van der Waals surface area (Å²) < 4.78 is 26.2. The lowest BCUT2D eigenvalue weighted by Crippen LogP contribution is -2.37. The molecule has 0 radical (unpaired) electrons. The first-order chi connectivity index (χ1) is 9.06. The number of carbonyl (C=O) groups is 1. The summed E-state index contributed by atoms with van der Waals surface area (Å²) in [4.78, 5) is 13.6. The number of rotatable bonds is 3. The van der Waals surface area contributed by atoms with Crippen LogP contribution in [0.2, 0.25) is 0 Å². The van der Waals surface area contributed by atoms with Crippen LogP contribution in [0.5, 0.6) is 0 Å². The molecule has 1 aliphatic heterocycles. The molecule has 3 nitrogen and oxygen atoms in total. The van der Waals surface area contributed by atoms with Gasteiger partial charge in [-0.15, -0.1) is 0 Å². The first-order valence-corrected chi connectivity index (χ1v) is 6.48. The smallest absolute Gasteiger partial charge is 0.253 e. The van der Waals surface area contributed by atoms with Crippen molar-refractivity contribution in [3.63, 3.8) is 0 Å². The highest BCUT2D eigenvalue weighted by molar-refractivity contribution is 5.94. The van der Waals surface area contributed by atoms with E-state index in [0.717, 1.165) is 44.1 Å². The van der Waals surface area contributed by atoms with Crippen molar-refractivity contribution in [3.05, 3.63) is 35.4 Å². The quantitative estimate of drug-likeness (QED) is 0.910. The van der Waals surface area contributed by atoms with Crippen LogP contribution in [0, 0.1) is 17.6 Å². The van der Waals surface area contributed by atoms with E-state index in [2.05, 4.69) is 5.32 Å². The minimum Gasteiger partial charge on any atom is -0.341 e. The van der Waals surface area contributed by atoms with Gasteiger partial charge < -0.3 is 10.2 Å². The van der Waals surface area contributed by atoms with Gasteiger partial charge in [0.05, 0.1) is 0 Å². The van der Waals surface area contributed by atoms with Crippen LogP contribution in [0.15, 0.2) is 18.2 Å². The lowest BCUT2D eigenvalue weighted by Gasteiger charge is -2.27. The van der Waals surface area contributed by atoms with Gasteiger partial charge in [-0.25, -0.2) is 8.78 Å². The average molecular weight is 268 g/mol. The van der Waals surface area contributed by atoms with Crippen LogP contribution in [0.4, 0.5) is 8.78 Å². The van der Waals surface area contributed by atoms with E-state index >= 15 is 0 Å². The third-order valence-corrected chi connectivity index (χ3v) is 3.45. The van der Waals surface area contributed by atoms with Crippen molar-refractivity contribution in [2.75, 3.05) is 26.7 Å². The van der Waals surface area contributed by atoms with Crippen molar-refractivity contribution in [2.45, 2.75) is 12.8 Å². The zero-order chi connectivity index (χ0) is 13.8. The molecule has 0 unspecified atom stereocenters. The normalized spacial score (nSPS) is 16.4. The number of halogens is 2. The Balaban J connectivity index is 2.01. The summed E-state index contributed by atoms with van der Waals surface area (Å²) in [6.07, 6.45) is 2.05. The van der Waals surface area contributed by atoms with Crippen molar-refractivity contribution in [3.8, 4) is 0 Å². The lowest BCUT2D eigenvalue weighted by atomic mass is 9.97. The Morgan fingerprint density at radius 2 is 1.84 bits per heavy atom. The largest absolute Gasteiger partial charge is 0.341 e. The van der Waals surface area contributed by atoms with E-state index in [-0.39, 0.29) is 11.5 Å². The average Bonchev–Trinajstić information content (AvgIpc) is 2.37. The third kappa shape index (κ3) is 3.73. The van der Waals surface area contributed by atoms with Crippen molar-refractivity contribution < 1.29 is 13.6 Å². The van der Waals surface area contributed by atoms with E-state index in [1.165, 1.54) is 0 Å². The number of nitrogens with zero attached hydrogens (tertiary/aromatic N) is 1. The SMILES string of the molecule is CN(CC1CCNCC1)C(=O)c1cc(F)cc(F)c1. The van der Waals surface area contributed by atoms with Crippen LogP contribution in [-0.4, -0.2) is 37.5 Å². The van der Waals surface area contributed by atoms with Crippen molar-refractivity contribution in [1.29, 1.82) is 0 Å². The Morgan fingerprint density at radius 3 is 2.42 bits per heavy atom. The van der Waals surface area contributed by atoms with Gasteiger partial charge in [-0.2, -0.15) is 0 Å². The van der Waals surface area contributed by atoms with E-state index < -0.39 is 11.6 Å². The number of carbonyl (C=O) groups excluding carboxylic acids is 1. The van der Waals surface area contributed by atoms with E-state index in [4.69, 9.17) is 0 Å². The van der Waals surface area contributed by atoms with E-state index in [9.17, 15) is 13.6 Å². The van der Waals surface area contributed by atoms with Gasteiger partial charge in [0.15, 0.2) is 0 Å². The van der Waals surface area contributed by atoms with Crippen LogP contribution in [0.25, 0.3) is 0 Å². The molecule has 19 heavy (non-hydrogen) atoms. The second kappa shape index (κ2) is 6.10. The molecule has 0 atom stereocenters. The van der Waals surface area contributed by atoms with Crippen molar-refractivity contribution in [2.24, 2.45) is 5.92 Å². The molecule has 1 heterocycles. The Kier molecular flexibility index (Phi) is 4.47. The van der Waals surface area contributed by atoms with Gasteiger partial charge in [0.1, 0.15) is 11.6 Å². The monoisotopic (exact) mass is 268 g/mol. The number of amides is 1. The molecule has 1 aromatic carbocycles. The van der Waals surface area contributed by atoms with Crippen molar-refractivity contribution >= 4 is 5.91 Å². The molecule has 5 heteroatoms. The summed E-state index contributed by atoms with van der Waals surface area (Å²) in [6.45, 7) is 2.54. The fourth-order valence-corrected chi connectivity index (χ4v) is 2.43. The van der Waals surface area contributed by atoms with Gasteiger partial charge in [0, 0.05) is 25.2 Å². The van der Waals surface area contributed by atoms with E-state index in [1.807, 2.05) is 0 Å². The van der Waals surface area contributed by atoms with Crippen LogP contribution >= 0.6 is 0 Å². The fourth-order valence-electron chi connectivity index (χ4n) is 2.43. The zero-order valence-electron chi connectivity index (χ0n) is 11.0. The predicted octanol–water partition coefficient (Wildman–Crippen LogP) is 2.04. The first kappa shape index (κ1) is 13.9. The number of hydrogen-bond acceptors (Lipinski definition) is 2. The summed E-state index contributed by atoms with van der Waals surface area (Å²) in [7, 11) is 1.67. The lowest BCUT2D eigenvalue weighted by molar-refractivity contribution is 0.0761. The maximum absolute atomic E-state index is 13.1. The molecule has 0 saturated carbocycles. The van der Waals surface area contributed by atoms with Crippen LogP contribution < -0.4 is 5.32 Å². The summed E-state index contributed by atoms with van der Waals surface area (Å²) in [5.41, 5.74) is 0.0638. The van der Waals surface area contributed by atoms with Gasteiger partial charge in [-0.05, 0) is 44.0 Å². The Labute approximate surface area is 111 Å². The number of benzene rings is 1. The van der Waals surface area contributed by atoms with Crippen LogP contribution in [-0.2, 0) is 0 Å². The molecule has 2 rings (SSSR count). The molecule has 0 bridgehead atoms. The Morgan fingerprint density at radius 1 is 1.26 bits per heavy atom. The summed E-state index contributed by atoms with van der Waals surface area (Å²) in [5, 5.41) is 3.26. The molecule has 1 amide bonds. The zero-order valence-corrected chi connectivity index (χ0v) is 11.0. The molecule has 104 valence electrons. The van der Waals surface area contributed by atoms with Gasteiger partial charge in [0.2, 0.25) is 0 Å². The molecule has 1 N–H and O–H groups in total. The number of nitrogens with one attached hydrogen (secondary N) is 1. The van der Waals surface area contributed by atoms with Crippen LogP contribution in [0.1, 0.15) is 23.2 Å². The summed E-state index contributed by atoms with van der Waals surface area (Å²) in [6, 6.07) is 2.91. The maximum Gasteiger partial charge on any atom is 0.253 e. The molecule has 1 saturated heterocycles. The van der Waals surface area contributed by atoms with Crippen LogP contribution in [0.3, 0.4) is 0 Å². The standard InChI is InChI=1S/C14H18F2N2O/c1-18(9-10-2-4-17-5-3-10)14(19)11-6-12(15)8-13(16)7-11/h6-8,10,17H,2-5,9H2,1H3. The fraction of sp³-hybridized carbons (Fsp3) is 0.500. The molecule has 0 spiro atoms. The minimum atomic E-state index is -0.724. The van der Waals surface area contributed by atoms with Crippen molar-refractivity contribution in [1.82, 2.24) is 10.2 Å². The molecular formula is C14H18F2N2O. The highest BCUT2D eigenvalue weighted by atomic mass is 19.1. The first-order valence-electron chi connectivity index (χ1n) is 6.48. The summed E-state index contributed by atoms with van der Waals surface area (Å²) in [5.74, 6) is -1.33. The molecule has 1 fully saturated rings. The molecule has 0 aliphatic carbocycles. The predicted molar refractivity (Wildman–Crippen MR) is 68.9 cm³/mol. The highest BCUT2D eigenvalue weighted by Crippen LogP contribution is 2.15. The van der Waals surface area contributed by atoms with Gasteiger partial charge in [0.25, 0.3) is 5.91 Å². The second-order valence-corrected chi connectivity index (χ2v) is 5.04. The van der Waals surface area contributed by atoms with E-state index in [1.54, 1.807) is 11.9 Å². The molecular weight excluding hydrogens is 250 g/mol. The minimum absolute atomic E-state index is 0.0638. The number of piperidine rings is 1. The topological polar surface area (TPSA) is 32.3 Å². The molecule has 1 aromatic rings. The summed E-state index contributed by atoms with van der Waals surface area (Å²) >= 11 is 0. The third-order valence-electron chi connectivity index (χ3n) is 3.45. The Hall–Kier alpha value is -1.49. The highest BCUT2D eigenvalue weighted by Gasteiger charge is 2.19. The second-order valence-electron chi connectivity index (χ2n) is 5.04. The molecule has 0 aromatic heterocycles. The Bertz CT molecular complexity index is 439. The van der Waals surface area contributed by atoms with Gasteiger partial charge in [-0.3, -0.25) is 4.79 Å². The number of hydrogen-bond donors (Lipinski definition) is 1.